The Hall–Kier alpha value is -2.43. The average molecular weight is 392 g/mol. The minimum Gasteiger partial charge on any atom is -0.451 e. The summed E-state index contributed by atoms with van der Waals surface area (Å²) in [6.07, 6.45) is -5.94. The second-order valence-corrected chi connectivity index (χ2v) is 6.28. The van der Waals surface area contributed by atoms with Gasteiger partial charge >= 0.3 is 12.3 Å². The quantitative estimate of drug-likeness (QED) is 0.750. The van der Waals surface area contributed by atoms with Crippen molar-refractivity contribution in [2.45, 2.75) is 19.4 Å². The number of amides is 2. The molecule has 0 aromatic heterocycles. The summed E-state index contributed by atoms with van der Waals surface area (Å²) in [5.74, 6) is -1.22. The van der Waals surface area contributed by atoms with E-state index in [4.69, 9.17) is 4.74 Å². The molecule has 0 unspecified atom stereocenters. The second kappa shape index (κ2) is 8.30. The average Bonchev–Trinajstić information content (AvgIpc) is 2.92. The summed E-state index contributed by atoms with van der Waals surface area (Å²) in [7, 11) is 0. The molecule has 0 spiro atoms. The highest BCUT2D eigenvalue weighted by Gasteiger charge is 2.31. The molecule has 1 aliphatic rings. The number of halogens is 3. The first-order chi connectivity index (χ1) is 12.1. The van der Waals surface area contributed by atoms with Crippen LogP contribution in [0.1, 0.15) is 6.92 Å². The van der Waals surface area contributed by atoms with E-state index in [9.17, 15) is 27.6 Å². The Morgan fingerprint density at radius 1 is 1.31 bits per heavy atom. The van der Waals surface area contributed by atoms with E-state index in [0.717, 1.165) is 23.9 Å². The fraction of sp³-hybridized carbons (Fsp3) is 0.400. The van der Waals surface area contributed by atoms with Crippen LogP contribution < -0.4 is 10.1 Å². The number of alkyl halides is 3. The van der Waals surface area contributed by atoms with Crippen LogP contribution >= 0.6 is 11.8 Å². The van der Waals surface area contributed by atoms with Crippen molar-refractivity contribution in [1.29, 1.82) is 0 Å². The number of carbonyl (C=O) groups excluding carboxylic acids is 3. The molecule has 1 aromatic rings. The van der Waals surface area contributed by atoms with Gasteiger partial charge < -0.3 is 19.7 Å². The lowest BCUT2D eigenvalue weighted by molar-refractivity contribution is -0.274. The van der Waals surface area contributed by atoms with Crippen molar-refractivity contribution in [1.82, 2.24) is 4.90 Å². The Morgan fingerprint density at radius 2 is 1.96 bits per heavy atom. The largest absolute Gasteiger partial charge is 0.573 e. The summed E-state index contributed by atoms with van der Waals surface area (Å²) in [6, 6.07) is 4.51. The number of nitrogens with one attached hydrogen (secondary N) is 1. The second-order valence-electron chi connectivity index (χ2n) is 5.23. The molecule has 1 atom stereocenters. The van der Waals surface area contributed by atoms with Gasteiger partial charge in [-0.15, -0.1) is 13.2 Å². The van der Waals surface area contributed by atoms with E-state index in [1.807, 2.05) is 0 Å². The first-order valence-electron chi connectivity index (χ1n) is 7.42. The van der Waals surface area contributed by atoms with E-state index >= 15 is 0 Å². The van der Waals surface area contributed by atoms with Gasteiger partial charge in [-0.05, 0) is 31.2 Å². The van der Waals surface area contributed by atoms with Crippen LogP contribution in [-0.4, -0.2) is 53.3 Å². The zero-order valence-corrected chi connectivity index (χ0v) is 14.4. The highest BCUT2D eigenvalue weighted by atomic mass is 32.2. The maximum absolute atomic E-state index is 12.1. The Balaban J connectivity index is 1.82. The highest BCUT2D eigenvalue weighted by molar-refractivity contribution is 8.13. The molecule has 0 aliphatic carbocycles. The number of esters is 1. The summed E-state index contributed by atoms with van der Waals surface area (Å²) in [4.78, 5) is 36.5. The van der Waals surface area contributed by atoms with Gasteiger partial charge in [0.15, 0.2) is 6.10 Å². The summed E-state index contributed by atoms with van der Waals surface area (Å²) in [5.41, 5.74) is 0.207. The van der Waals surface area contributed by atoms with Crippen molar-refractivity contribution in [2.75, 3.05) is 24.2 Å². The predicted molar refractivity (Wildman–Crippen MR) is 86.7 cm³/mol. The number of nitrogens with zero attached hydrogens (tertiary/aromatic N) is 1. The summed E-state index contributed by atoms with van der Waals surface area (Å²) < 4.78 is 44.9. The molecule has 1 N–H and O–H groups in total. The van der Waals surface area contributed by atoms with Crippen LogP contribution in [0.15, 0.2) is 24.3 Å². The van der Waals surface area contributed by atoms with Gasteiger partial charge in [0.2, 0.25) is 0 Å². The maximum atomic E-state index is 12.1. The molecule has 1 aliphatic heterocycles. The first-order valence-corrected chi connectivity index (χ1v) is 8.40. The number of ether oxygens (including phenoxy) is 2. The molecule has 7 nitrogen and oxygen atoms in total. The Labute approximate surface area is 150 Å². The van der Waals surface area contributed by atoms with Crippen LogP contribution in [-0.2, 0) is 14.3 Å². The molecular formula is C15H15F3N2O5S. The Kier molecular flexibility index (Phi) is 6.35. The predicted octanol–water partition coefficient (Wildman–Crippen LogP) is 2.62. The number of anilines is 1. The van der Waals surface area contributed by atoms with Gasteiger partial charge in [-0.2, -0.15) is 0 Å². The van der Waals surface area contributed by atoms with E-state index in [-0.39, 0.29) is 17.5 Å². The van der Waals surface area contributed by atoms with Gasteiger partial charge in [0.25, 0.3) is 11.1 Å². The number of carbonyl (C=O) groups is 3. The monoisotopic (exact) mass is 392 g/mol. The van der Waals surface area contributed by atoms with Gasteiger partial charge in [-0.1, -0.05) is 11.8 Å². The SMILES string of the molecule is C[C@H](OC(=O)CN1CCSC1=O)C(=O)Nc1ccc(OC(F)(F)F)cc1. The van der Waals surface area contributed by atoms with E-state index in [1.54, 1.807) is 0 Å². The van der Waals surface area contributed by atoms with Crippen LogP contribution in [0.25, 0.3) is 0 Å². The van der Waals surface area contributed by atoms with Gasteiger partial charge in [-0.25, -0.2) is 0 Å². The van der Waals surface area contributed by atoms with Crippen LogP contribution in [0.5, 0.6) is 5.75 Å². The summed E-state index contributed by atoms with van der Waals surface area (Å²) in [6.45, 7) is 1.54. The molecule has 1 heterocycles. The number of hydrogen-bond acceptors (Lipinski definition) is 6. The molecule has 26 heavy (non-hydrogen) atoms. The molecule has 2 amide bonds. The van der Waals surface area contributed by atoms with Crippen LogP contribution in [0, 0.1) is 0 Å². The molecule has 1 saturated heterocycles. The van der Waals surface area contributed by atoms with E-state index in [0.29, 0.717) is 12.3 Å². The molecule has 2 rings (SSSR count). The van der Waals surface area contributed by atoms with Gasteiger partial charge in [0.05, 0.1) is 0 Å². The minimum absolute atomic E-state index is 0.207. The zero-order valence-electron chi connectivity index (χ0n) is 13.5. The molecule has 0 saturated carbocycles. The topological polar surface area (TPSA) is 84.9 Å². The van der Waals surface area contributed by atoms with Crippen molar-refractivity contribution in [3.63, 3.8) is 0 Å². The third kappa shape index (κ3) is 6.14. The Morgan fingerprint density at radius 3 is 2.50 bits per heavy atom. The number of hydrogen-bond donors (Lipinski definition) is 1. The maximum Gasteiger partial charge on any atom is 0.573 e. The fourth-order valence-corrected chi connectivity index (χ4v) is 2.82. The van der Waals surface area contributed by atoms with Gasteiger partial charge in [-0.3, -0.25) is 14.4 Å². The summed E-state index contributed by atoms with van der Waals surface area (Å²) >= 11 is 1.10. The molecule has 1 fully saturated rings. The van der Waals surface area contributed by atoms with Gasteiger partial charge in [0.1, 0.15) is 12.3 Å². The number of thioether (sulfide) groups is 1. The van der Waals surface area contributed by atoms with E-state index < -0.39 is 30.1 Å². The van der Waals surface area contributed by atoms with Gasteiger partial charge in [0, 0.05) is 18.0 Å². The lowest BCUT2D eigenvalue weighted by Gasteiger charge is -2.17. The molecule has 11 heteroatoms. The minimum atomic E-state index is -4.80. The smallest absolute Gasteiger partial charge is 0.451 e. The summed E-state index contributed by atoms with van der Waals surface area (Å²) in [5, 5.41) is 2.18. The van der Waals surface area contributed by atoms with Crippen LogP contribution in [0.3, 0.4) is 0 Å². The first kappa shape index (κ1) is 19.9. The van der Waals surface area contributed by atoms with Crippen LogP contribution in [0.2, 0.25) is 0 Å². The van der Waals surface area contributed by atoms with E-state index in [1.165, 1.54) is 24.0 Å². The molecule has 0 radical (unpaired) electrons. The molecule has 0 bridgehead atoms. The highest BCUT2D eigenvalue weighted by Crippen LogP contribution is 2.24. The molecule has 142 valence electrons. The standard InChI is InChI=1S/C15H15F3N2O5S/c1-9(24-12(21)8-20-6-7-26-14(20)23)13(22)19-10-2-4-11(5-3-10)25-15(16,17)18/h2-5,9H,6-8H2,1H3,(H,19,22)/t9-/m0/s1. The lowest BCUT2D eigenvalue weighted by atomic mass is 10.3. The van der Waals surface area contributed by atoms with Crippen molar-refractivity contribution >= 4 is 34.6 Å². The van der Waals surface area contributed by atoms with Crippen molar-refractivity contribution in [3.05, 3.63) is 24.3 Å². The molecular weight excluding hydrogens is 377 g/mol. The Bertz CT molecular complexity index is 681. The van der Waals surface area contributed by atoms with Crippen molar-refractivity contribution in [3.8, 4) is 5.75 Å². The normalized spacial score (nSPS) is 15.5. The lowest BCUT2D eigenvalue weighted by Crippen LogP contribution is -2.36. The van der Waals surface area contributed by atoms with Crippen molar-refractivity contribution in [2.24, 2.45) is 0 Å². The van der Waals surface area contributed by atoms with Crippen molar-refractivity contribution < 1.29 is 37.0 Å². The zero-order chi connectivity index (χ0) is 19.3. The van der Waals surface area contributed by atoms with Crippen LogP contribution in [0.4, 0.5) is 23.7 Å². The third-order valence-electron chi connectivity index (χ3n) is 3.20. The number of rotatable bonds is 6. The number of benzene rings is 1. The third-order valence-corrected chi connectivity index (χ3v) is 4.09. The molecule has 1 aromatic carbocycles. The van der Waals surface area contributed by atoms with E-state index in [2.05, 4.69) is 10.1 Å². The fourth-order valence-electron chi connectivity index (χ4n) is 2.00.